The smallest absolute Gasteiger partial charge is 0.0609 e. The van der Waals surface area contributed by atoms with Crippen molar-refractivity contribution in [2.75, 3.05) is 6.61 Å². The van der Waals surface area contributed by atoms with E-state index >= 15 is 0 Å². The molecule has 1 nitrogen and oxygen atoms in total. The van der Waals surface area contributed by atoms with Crippen LogP contribution in [0.5, 0.6) is 0 Å². The Morgan fingerprint density at radius 3 is 3.00 bits per heavy atom. The fourth-order valence-electron chi connectivity index (χ4n) is 1.13. The fourth-order valence-corrected chi connectivity index (χ4v) is 1.13. The second-order valence-electron chi connectivity index (χ2n) is 2.33. The molecule has 0 N–H and O–H groups in total. The molecular formula is C8H14O. The Kier molecular flexibility index (Phi) is 3.05. The van der Waals surface area contributed by atoms with Gasteiger partial charge in [-0.25, -0.2) is 0 Å². The van der Waals surface area contributed by atoms with Crippen molar-refractivity contribution < 1.29 is 4.74 Å². The van der Waals surface area contributed by atoms with Crippen LogP contribution in [-0.4, -0.2) is 12.7 Å². The molecule has 0 aromatic heterocycles. The molecule has 9 heavy (non-hydrogen) atoms. The first kappa shape index (κ1) is 7.07. The second kappa shape index (κ2) is 3.89. The Morgan fingerprint density at radius 1 is 1.56 bits per heavy atom. The van der Waals surface area contributed by atoms with E-state index in [1.54, 1.807) is 0 Å². The molecule has 0 bridgehead atoms. The van der Waals surface area contributed by atoms with E-state index in [-0.39, 0.29) is 0 Å². The molecule has 2 radical (unpaired) electrons. The van der Waals surface area contributed by atoms with Crippen molar-refractivity contribution in [2.24, 2.45) is 0 Å². The van der Waals surface area contributed by atoms with Crippen molar-refractivity contribution in [2.45, 2.75) is 32.3 Å². The molecule has 1 heteroatoms. The summed E-state index contributed by atoms with van der Waals surface area (Å²) in [4.78, 5) is 0. The highest BCUT2D eigenvalue weighted by Crippen LogP contribution is 2.17. The minimum atomic E-state index is 0.420. The highest BCUT2D eigenvalue weighted by atomic mass is 16.5. The highest BCUT2D eigenvalue weighted by Gasteiger charge is 2.12. The molecule has 52 valence electrons. The van der Waals surface area contributed by atoms with Crippen LogP contribution >= 0.6 is 0 Å². The summed E-state index contributed by atoms with van der Waals surface area (Å²) in [7, 11) is 0. The fraction of sp³-hybridized carbons (Fsp3) is 0.750. The van der Waals surface area contributed by atoms with Gasteiger partial charge in [0, 0.05) is 6.61 Å². The molecule has 0 aromatic rings. The van der Waals surface area contributed by atoms with Crippen molar-refractivity contribution >= 4 is 0 Å². The SMILES string of the molecule is CCOC1[CH]CC[CH]C1. The number of hydrogen-bond donors (Lipinski definition) is 0. The summed E-state index contributed by atoms with van der Waals surface area (Å²) in [5, 5.41) is 0. The molecule has 1 atom stereocenters. The summed E-state index contributed by atoms with van der Waals surface area (Å²) in [5.74, 6) is 0. The van der Waals surface area contributed by atoms with Gasteiger partial charge in [-0.15, -0.1) is 0 Å². The normalized spacial score (nSPS) is 22.3. The van der Waals surface area contributed by atoms with Crippen LogP contribution in [0.4, 0.5) is 0 Å². The summed E-state index contributed by atoms with van der Waals surface area (Å²) in [5.41, 5.74) is 0. The quantitative estimate of drug-likeness (QED) is 0.549. The maximum absolute atomic E-state index is 5.40. The lowest BCUT2D eigenvalue weighted by Gasteiger charge is -2.20. The molecule has 0 aliphatic heterocycles. The summed E-state index contributed by atoms with van der Waals surface area (Å²) in [6, 6.07) is 0. The Labute approximate surface area is 57.4 Å². The van der Waals surface area contributed by atoms with E-state index in [4.69, 9.17) is 4.74 Å². The van der Waals surface area contributed by atoms with Gasteiger partial charge in [-0.1, -0.05) is 0 Å². The van der Waals surface area contributed by atoms with Crippen molar-refractivity contribution in [1.82, 2.24) is 0 Å². The zero-order valence-corrected chi connectivity index (χ0v) is 5.97. The lowest BCUT2D eigenvalue weighted by atomic mass is 9.98. The van der Waals surface area contributed by atoms with Gasteiger partial charge >= 0.3 is 0 Å². The van der Waals surface area contributed by atoms with Crippen LogP contribution in [0.3, 0.4) is 0 Å². The Hall–Kier alpha value is -0.0400. The van der Waals surface area contributed by atoms with E-state index in [2.05, 4.69) is 12.8 Å². The average molecular weight is 126 g/mol. The van der Waals surface area contributed by atoms with Crippen LogP contribution in [0.25, 0.3) is 0 Å². The first-order valence-electron chi connectivity index (χ1n) is 3.70. The van der Waals surface area contributed by atoms with Crippen LogP contribution in [0.1, 0.15) is 26.2 Å². The topological polar surface area (TPSA) is 9.23 Å². The molecule has 1 aliphatic carbocycles. The van der Waals surface area contributed by atoms with Crippen molar-refractivity contribution in [3.05, 3.63) is 12.8 Å². The number of hydrogen-bond acceptors (Lipinski definition) is 1. The highest BCUT2D eigenvalue weighted by molar-refractivity contribution is 4.89. The largest absolute Gasteiger partial charge is 0.378 e. The van der Waals surface area contributed by atoms with Crippen LogP contribution in [0.15, 0.2) is 0 Å². The van der Waals surface area contributed by atoms with Gasteiger partial charge in [0.15, 0.2) is 0 Å². The number of ether oxygens (including phenoxy) is 1. The first-order valence-corrected chi connectivity index (χ1v) is 3.70. The molecule has 1 rings (SSSR count). The van der Waals surface area contributed by atoms with E-state index < -0.39 is 0 Å². The van der Waals surface area contributed by atoms with Crippen LogP contribution < -0.4 is 0 Å². The molecule has 1 fully saturated rings. The molecule has 1 aliphatic rings. The summed E-state index contributed by atoms with van der Waals surface area (Å²) in [6.07, 6.45) is 8.55. The molecular weight excluding hydrogens is 112 g/mol. The third kappa shape index (κ3) is 2.35. The molecule has 0 spiro atoms. The predicted octanol–water partition coefficient (Wildman–Crippen LogP) is 1.98. The van der Waals surface area contributed by atoms with Crippen LogP contribution in [0.2, 0.25) is 0 Å². The zero-order chi connectivity index (χ0) is 6.53. The second-order valence-corrected chi connectivity index (χ2v) is 2.33. The van der Waals surface area contributed by atoms with Crippen LogP contribution in [-0.2, 0) is 4.74 Å². The third-order valence-corrected chi connectivity index (χ3v) is 1.58. The van der Waals surface area contributed by atoms with Crippen LogP contribution in [0, 0.1) is 12.8 Å². The lowest BCUT2D eigenvalue weighted by molar-refractivity contribution is 0.0769. The zero-order valence-electron chi connectivity index (χ0n) is 5.97. The Morgan fingerprint density at radius 2 is 2.44 bits per heavy atom. The minimum absolute atomic E-state index is 0.420. The average Bonchev–Trinajstić information content (AvgIpc) is 1.91. The molecule has 1 saturated carbocycles. The van der Waals surface area contributed by atoms with Gasteiger partial charge in [-0.2, -0.15) is 0 Å². The maximum atomic E-state index is 5.40. The molecule has 1 unspecified atom stereocenters. The third-order valence-electron chi connectivity index (χ3n) is 1.58. The van der Waals surface area contributed by atoms with Gasteiger partial charge in [0.25, 0.3) is 0 Å². The van der Waals surface area contributed by atoms with Crippen molar-refractivity contribution in [1.29, 1.82) is 0 Å². The molecule has 0 heterocycles. The summed E-state index contributed by atoms with van der Waals surface area (Å²) < 4.78 is 5.40. The van der Waals surface area contributed by atoms with E-state index in [1.165, 1.54) is 12.8 Å². The maximum Gasteiger partial charge on any atom is 0.0609 e. The van der Waals surface area contributed by atoms with Gasteiger partial charge in [0.05, 0.1) is 6.10 Å². The van der Waals surface area contributed by atoms with E-state index in [9.17, 15) is 0 Å². The first-order chi connectivity index (χ1) is 4.43. The summed E-state index contributed by atoms with van der Waals surface area (Å²) >= 11 is 0. The standard InChI is InChI=1S/C8H14O/c1-2-9-8-6-4-3-5-7-8/h4,7-8H,2-3,5-6H2,1H3. The van der Waals surface area contributed by atoms with Gasteiger partial charge in [-0.3, -0.25) is 0 Å². The summed E-state index contributed by atoms with van der Waals surface area (Å²) in [6.45, 7) is 2.89. The van der Waals surface area contributed by atoms with E-state index in [0.717, 1.165) is 13.0 Å². The Balaban J connectivity index is 2.08. The molecule has 0 saturated heterocycles. The van der Waals surface area contributed by atoms with Gasteiger partial charge < -0.3 is 4.74 Å². The van der Waals surface area contributed by atoms with Gasteiger partial charge in [-0.05, 0) is 39.0 Å². The monoisotopic (exact) mass is 126 g/mol. The van der Waals surface area contributed by atoms with E-state index in [1.807, 2.05) is 6.92 Å². The molecule has 0 amide bonds. The predicted molar refractivity (Wildman–Crippen MR) is 37.9 cm³/mol. The minimum Gasteiger partial charge on any atom is -0.378 e. The van der Waals surface area contributed by atoms with E-state index in [0.29, 0.717) is 6.10 Å². The van der Waals surface area contributed by atoms with Gasteiger partial charge in [0.2, 0.25) is 0 Å². The van der Waals surface area contributed by atoms with Gasteiger partial charge in [0.1, 0.15) is 0 Å². The Bertz CT molecular complexity index is 62.2. The lowest BCUT2D eigenvalue weighted by Crippen LogP contribution is -2.17. The van der Waals surface area contributed by atoms with Crippen molar-refractivity contribution in [3.63, 3.8) is 0 Å². The van der Waals surface area contributed by atoms with Crippen molar-refractivity contribution in [3.8, 4) is 0 Å². The molecule has 0 aromatic carbocycles. The number of rotatable bonds is 2.